The molecule has 1 aromatic carbocycles. The zero-order chi connectivity index (χ0) is 20.0. The van der Waals surface area contributed by atoms with Crippen molar-refractivity contribution in [1.82, 2.24) is 29.4 Å². The minimum Gasteiger partial charge on any atom is -0.408 e. The van der Waals surface area contributed by atoms with Gasteiger partial charge in [0.25, 0.3) is 0 Å². The Bertz CT molecular complexity index is 1140. The minimum atomic E-state index is -0.533. The lowest BCUT2D eigenvalue weighted by Crippen LogP contribution is -2.52. The summed E-state index contributed by atoms with van der Waals surface area (Å²) in [4.78, 5) is 39.8. The summed E-state index contributed by atoms with van der Waals surface area (Å²) in [5.74, 6) is -0.520. The van der Waals surface area contributed by atoms with Crippen molar-refractivity contribution in [3.05, 3.63) is 46.7 Å². The molecule has 2 aliphatic rings. The van der Waals surface area contributed by atoms with Crippen LogP contribution in [0.4, 0.5) is 0 Å². The molecule has 0 radical (unpaired) electrons. The minimum absolute atomic E-state index is 0.0484. The van der Waals surface area contributed by atoms with Gasteiger partial charge in [0.2, 0.25) is 11.8 Å². The molecular formula is C19H20N6O4. The quantitative estimate of drug-likeness (QED) is 0.618. The fourth-order valence-electron chi connectivity index (χ4n) is 3.86. The number of oxazole rings is 1. The fourth-order valence-corrected chi connectivity index (χ4v) is 3.86. The molecule has 150 valence electrons. The number of carbonyl (C=O) groups is 2. The van der Waals surface area contributed by atoms with E-state index in [-0.39, 0.29) is 24.4 Å². The smallest absolute Gasteiger partial charge is 0.408 e. The first kappa shape index (κ1) is 17.7. The van der Waals surface area contributed by atoms with Gasteiger partial charge in [0.1, 0.15) is 12.2 Å². The highest BCUT2D eigenvalue weighted by Gasteiger charge is 2.33. The number of carbonyl (C=O) groups excluding carboxylic acids is 2. The van der Waals surface area contributed by atoms with E-state index in [4.69, 9.17) is 4.42 Å². The third-order valence-corrected chi connectivity index (χ3v) is 5.54. The molecule has 0 spiro atoms. The second-order valence-electron chi connectivity index (χ2n) is 7.48. The predicted octanol–water partition coefficient (Wildman–Crippen LogP) is 0.392. The van der Waals surface area contributed by atoms with Gasteiger partial charge in [-0.15, -0.1) is 5.10 Å². The first-order valence-electron chi connectivity index (χ1n) is 9.63. The molecule has 10 heteroatoms. The van der Waals surface area contributed by atoms with E-state index in [0.717, 1.165) is 18.7 Å². The van der Waals surface area contributed by atoms with E-state index >= 15 is 0 Å². The van der Waals surface area contributed by atoms with Crippen LogP contribution in [0.15, 0.2) is 39.7 Å². The first-order chi connectivity index (χ1) is 14.1. The number of fused-ring (bicyclic) bond motifs is 1. The van der Waals surface area contributed by atoms with Crippen molar-refractivity contribution in [1.29, 1.82) is 0 Å². The number of hydrogen-bond donors (Lipinski definition) is 0. The lowest BCUT2D eigenvalue weighted by Gasteiger charge is -2.38. The van der Waals surface area contributed by atoms with Crippen LogP contribution in [0.5, 0.6) is 0 Å². The summed E-state index contributed by atoms with van der Waals surface area (Å²) in [7, 11) is 0. The lowest BCUT2D eigenvalue weighted by molar-refractivity contribution is -0.137. The predicted molar refractivity (Wildman–Crippen MR) is 101 cm³/mol. The summed E-state index contributed by atoms with van der Waals surface area (Å²) in [6.07, 6.45) is 3.33. The Morgan fingerprint density at radius 2 is 2.03 bits per heavy atom. The van der Waals surface area contributed by atoms with E-state index in [1.165, 1.54) is 4.57 Å². The summed E-state index contributed by atoms with van der Waals surface area (Å²) < 4.78 is 8.27. The molecule has 0 unspecified atom stereocenters. The third-order valence-electron chi connectivity index (χ3n) is 5.54. The van der Waals surface area contributed by atoms with Crippen LogP contribution in [0.25, 0.3) is 11.1 Å². The van der Waals surface area contributed by atoms with Crippen LogP contribution in [-0.2, 0) is 22.7 Å². The third kappa shape index (κ3) is 3.20. The molecule has 3 aromatic rings. The Hall–Kier alpha value is -3.43. The van der Waals surface area contributed by atoms with Crippen molar-refractivity contribution in [2.24, 2.45) is 0 Å². The highest BCUT2D eigenvalue weighted by Crippen LogP contribution is 2.22. The zero-order valence-electron chi connectivity index (χ0n) is 15.7. The highest BCUT2D eigenvalue weighted by atomic mass is 16.4. The van der Waals surface area contributed by atoms with E-state index in [1.54, 1.807) is 38.7 Å². The van der Waals surface area contributed by atoms with Gasteiger partial charge in [-0.25, -0.2) is 9.48 Å². The summed E-state index contributed by atoms with van der Waals surface area (Å²) in [5.41, 5.74) is 1.83. The van der Waals surface area contributed by atoms with E-state index in [0.29, 0.717) is 37.2 Å². The van der Waals surface area contributed by atoms with E-state index in [9.17, 15) is 14.4 Å². The molecule has 10 nitrogen and oxygen atoms in total. The number of nitrogens with zero attached hydrogens (tertiary/aromatic N) is 6. The van der Waals surface area contributed by atoms with Crippen molar-refractivity contribution >= 4 is 22.9 Å². The summed E-state index contributed by atoms with van der Waals surface area (Å²) in [5, 5.41) is 8.30. The van der Waals surface area contributed by atoms with Crippen molar-refractivity contribution in [3.8, 4) is 0 Å². The second-order valence-corrected chi connectivity index (χ2v) is 7.48. The molecule has 0 aliphatic carbocycles. The van der Waals surface area contributed by atoms with Gasteiger partial charge in [0, 0.05) is 26.1 Å². The largest absolute Gasteiger partial charge is 0.420 e. The van der Waals surface area contributed by atoms with Gasteiger partial charge in [0.15, 0.2) is 5.58 Å². The molecule has 0 N–H and O–H groups in total. The maximum atomic E-state index is 12.6. The van der Waals surface area contributed by atoms with Crippen molar-refractivity contribution in [2.75, 3.05) is 19.6 Å². The number of benzene rings is 1. The first-order valence-corrected chi connectivity index (χ1v) is 9.63. The fraction of sp³-hybridized carbons (Fsp3) is 0.421. The van der Waals surface area contributed by atoms with Crippen molar-refractivity contribution in [3.63, 3.8) is 0 Å². The summed E-state index contributed by atoms with van der Waals surface area (Å²) >= 11 is 0. The molecule has 0 saturated carbocycles. The lowest BCUT2D eigenvalue weighted by atomic mass is 10.1. The average Bonchev–Trinajstić information content (AvgIpc) is 3.36. The maximum absolute atomic E-state index is 12.6. The van der Waals surface area contributed by atoms with Crippen LogP contribution in [0.1, 0.15) is 24.6 Å². The molecule has 2 aliphatic heterocycles. The number of rotatable bonds is 5. The van der Waals surface area contributed by atoms with E-state index < -0.39 is 5.76 Å². The molecular weight excluding hydrogens is 376 g/mol. The van der Waals surface area contributed by atoms with Crippen LogP contribution >= 0.6 is 0 Å². The van der Waals surface area contributed by atoms with E-state index in [2.05, 4.69) is 10.3 Å². The van der Waals surface area contributed by atoms with E-state index in [1.807, 2.05) is 6.20 Å². The van der Waals surface area contributed by atoms with Gasteiger partial charge in [-0.05, 0) is 18.6 Å². The SMILES string of the molecule is O=C1CCCN1Cc1cn(C2CN(C(=O)Cn3c(=O)oc4ccccc43)C2)nn1. The number of para-hydroxylation sites is 2. The molecule has 2 saturated heterocycles. The Morgan fingerprint density at radius 1 is 1.21 bits per heavy atom. The number of amides is 2. The Labute approximate surface area is 165 Å². The molecule has 29 heavy (non-hydrogen) atoms. The topological polar surface area (TPSA) is 106 Å². The van der Waals surface area contributed by atoms with Gasteiger partial charge in [-0.2, -0.15) is 0 Å². The van der Waals surface area contributed by atoms with Crippen LogP contribution in [-0.4, -0.2) is 60.8 Å². The summed E-state index contributed by atoms with van der Waals surface area (Å²) in [6.45, 7) is 2.20. The van der Waals surface area contributed by atoms with Crippen LogP contribution in [0.2, 0.25) is 0 Å². The van der Waals surface area contributed by atoms with Crippen LogP contribution in [0, 0.1) is 0 Å². The Kier molecular flexibility index (Phi) is 4.18. The van der Waals surface area contributed by atoms with Crippen LogP contribution < -0.4 is 5.76 Å². The maximum Gasteiger partial charge on any atom is 0.420 e. The molecule has 5 rings (SSSR count). The number of hydrogen-bond acceptors (Lipinski definition) is 6. The van der Waals surface area contributed by atoms with Gasteiger partial charge < -0.3 is 14.2 Å². The standard InChI is InChI=1S/C19H20N6O4/c26-17-6-3-7-22(17)8-13-9-25(21-20-13)14-10-23(11-14)18(27)12-24-15-4-1-2-5-16(15)29-19(24)28/h1-2,4-5,9,14H,3,6-8,10-12H2. The average molecular weight is 396 g/mol. The Morgan fingerprint density at radius 3 is 2.83 bits per heavy atom. The van der Waals surface area contributed by atoms with Gasteiger partial charge in [0.05, 0.1) is 24.3 Å². The van der Waals surface area contributed by atoms with Gasteiger partial charge >= 0.3 is 5.76 Å². The van der Waals surface area contributed by atoms with Gasteiger partial charge in [-0.1, -0.05) is 17.3 Å². The normalized spacial score (nSPS) is 17.3. The van der Waals surface area contributed by atoms with Crippen LogP contribution in [0.3, 0.4) is 0 Å². The zero-order valence-corrected chi connectivity index (χ0v) is 15.7. The Balaban J connectivity index is 1.20. The molecule has 2 fully saturated rings. The summed E-state index contributed by atoms with van der Waals surface area (Å²) in [6, 6.07) is 7.09. The molecule has 4 heterocycles. The molecule has 0 atom stereocenters. The van der Waals surface area contributed by atoms with Crippen molar-refractivity contribution < 1.29 is 14.0 Å². The highest BCUT2D eigenvalue weighted by molar-refractivity contribution is 5.80. The molecule has 2 amide bonds. The van der Waals surface area contributed by atoms with Gasteiger partial charge in [-0.3, -0.25) is 14.2 Å². The molecule has 2 aromatic heterocycles. The second kappa shape index (κ2) is 6.87. The number of likely N-dealkylation sites (tertiary alicyclic amines) is 2. The number of aromatic nitrogens is 4. The van der Waals surface area contributed by atoms with Crippen molar-refractivity contribution in [2.45, 2.75) is 32.0 Å². The molecule has 0 bridgehead atoms. The monoisotopic (exact) mass is 396 g/mol.